The molecule has 3 amide bonds. The number of anilines is 2. The molecule has 0 bridgehead atoms. The zero-order valence-electron chi connectivity index (χ0n) is 31.2. The number of nitrogens with one attached hydrogen (secondary N) is 3. The highest BCUT2D eigenvalue weighted by Crippen LogP contribution is 2.41. The molecule has 0 saturated heterocycles. The van der Waals surface area contributed by atoms with Crippen molar-refractivity contribution in [3.63, 3.8) is 0 Å². The normalized spacial score (nSPS) is 13.3. The number of benzene rings is 4. The Labute approximate surface area is 330 Å². The van der Waals surface area contributed by atoms with E-state index in [0.29, 0.717) is 27.7 Å². The lowest BCUT2D eigenvalue weighted by molar-refractivity contribution is -0.116. The number of aryl methyl sites for hydroxylation is 1. The predicted octanol–water partition coefficient (Wildman–Crippen LogP) is 10.2. The van der Waals surface area contributed by atoms with E-state index in [-0.39, 0.29) is 18.2 Å². The Hall–Kier alpha value is -5.45. The van der Waals surface area contributed by atoms with Crippen LogP contribution in [0.1, 0.15) is 99.0 Å². The Balaban J connectivity index is 1.25. The first-order valence-corrected chi connectivity index (χ1v) is 20.3. The summed E-state index contributed by atoms with van der Waals surface area (Å²) < 4.78 is 5.46. The first-order valence-electron chi connectivity index (χ1n) is 18.6. The second kappa shape index (κ2) is 18.7. The number of ether oxygens (including phenoxy) is 1. The van der Waals surface area contributed by atoms with E-state index in [1.807, 2.05) is 72.8 Å². The van der Waals surface area contributed by atoms with Gasteiger partial charge in [-0.05, 0) is 97.2 Å². The number of carbonyl (C=O) groups excluding carboxylic acids is 4. The van der Waals surface area contributed by atoms with Crippen LogP contribution in [0.5, 0.6) is 0 Å². The minimum Gasteiger partial charge on any atom is -0.462 e. The second-order valence-electron chi connectivity index (χ2n) is 13.6. The summed E-state index contributed by atoms with van der Waals surface area (Å²) in [6.07, 6.45) is 6.44. The van der Waals surface area contributed by atoms with Crippen LogP contribution < -0.4 is 16.0 Å². The summed E-state index contributed by atoms with van der Waals surface area (Å²) in [6, 6.07) is 33.3. The van der Waals surface area contributed by atoms with Crippen molar-refractivity contribution in [2.45, 2.75) is 68.9 Å². The van der Waals surface area contributed by atoms with E-state index >= 15 is 0 Å². The molecule has 3 N–H and O–H groups in total. The van der Waals surface area contributed by atoms with Crippen molar-refractivity contribution in [2.75, 3.05) is 17.2 Å². The predicted molar refractivity (Wildman–Crippen MR) is 223 cm³/mol. The van der Waals surface area contributed by atoms with E-state index in [4.69, 9.17) is 4.74 Å². The smallest absolute Gasteiger partial charge is 0.341 e. The number of thiophene rings is 1. The third-order valence-corrected chi connectivity index (χ3v) is 11.7. The number of esters is 1. The van der Waals surface area contributed by atoms with Gasteiger partial charge in [-0.3, -0.25) is 14.4 Å². The van der Waals surface area contributed by atoms with E-state index < -0.39 is 23.0 Å². The molecule has 4 aromatic carbocycles. The highest BCUT2D eigenvalue weighted by atomic mass is 32.2. The summed E-state index contributed by atoms with van der Waals surface area (Å²) >= 11 is 2.81. The average molecular weight is 772 g/mol. The molecule has 0 aliphatic heterocycles. The van der Waals surface area contributed by atoms with E-state index in [1.165, 1.54) is 23.1 Å². The van der Waals surface area contributed by atoms with Crippen LogP contribution in [0.25, 0.3) is 6.08 Å². The van der Waals surface area contributed by atoms with Crippen molar-refractivity contribution in [3.05, 3.63) is 153 Å². The number of rotatable bonds is 13. The molecule has 0 radical (unpaired) electrons. The molecule has 1 aromatic heterocycles. The molecule has 1 unspecified atom stereocenters. The maximum absolute atomic E-state index is 14.2. The van der Waals surface area contributed by atoms with Gasteiger partial charge in [0, 0.05) is 21.0 Å². The number of amides is 3. The fourth-order valence-electron chi connectivity index (χ4n) is 6.40. The standard InChI is InChI=1S/C45H45N3O5S2/c1-4-53-45(52)39-36-21-12-7-13-22-38(36)55-44(39)48-43(51)40(32-15-8-5-9-16-32)54-35-20-14-19-34(28-35)46-42(50)37(47-41(49)33-17-10-6-11-18-33)27-30-23-25-31(26-24-30)29(2)3/h5-6,8-11,14-20,23-29,40H,4,7,12-13,21-22H2,1-3H3,(H,46,50)(H,47,49)(H,48,51)/b37-27+. The van der Waals surface area contributed by atoms with Crippen LogP contribution in [0.15, 0.2) is 120 Å². The maximum Gasteiger partial charge on any atom is 0.341 e. The minimum atomic E-state index is -0.682. The maximum atomic E-state index is 14.2. The van der Waals surface area contributed by atoms with Gasteiger partial charge in [-0.15, -0.1) is 23.1 Å². The first-order chi connectivity index (χ1) is 26.7. The molecule has 1 atom stereocenters. The van der Waals surface area contributed by atoms with Crippen molar-refractivity contribution in [1.82, 2.24) is 5.32 Å². The molecule has 1 aliphatic carbocycles. The number of thioether (sulfide) groups is 1. The number of carbonyl (C=O) groups is 4. The Bertz CT molecular complexity index is 2160. The molecule has 10 heteroatoms. The third kappa shape index (κ3) is 10.2. The molecule has 0 spiro atoms. The molecule has 282 valence electrons. The van der Waals surface area contributed by atoms with Gasteiger partial charge in [0.2, 0.25) is 5.91 Å². The SMILES string of the molecule is CCOC(=O)c1c(NC(=O)C(Sc2cccc(NC(=O)/C(=C\c3ccc(C(C)C)cc3)NC(=O)c3ccccc3)c2)c2ccccc2)sc2c1CCCCC2. The van der Waals surface area contributed by atoms with Crippen molar-refractivity contribution in [1.29, 1.82) is 0 Å². The van der Waals surface area contributed by atoms with Crippen LogP contribution in [-0.4, -0.2) is 30.3 Å². The van der Waals surface area contributed by atoms with Crippen LogP contribution in [0, 0.1) is 0 Å². The summed E-state index contributed by atoms with van der Waals surface area (Å²) in [4.78, 5) is 56.4. The van der Waals surface area contributed by atoms with E-state index in [1.54, 1.807) is 49.4 Å². The molecule has 6 rings (SSSR count). The van der Waals surface area contributed by atoms with Gasteiger partial charge in [-0.1, -0.05) is 99.1 Å². The van der Waals surface area contributed by atoms with Crippen molar-refractivity contribution in [3.8, 4) is 0 Å². The van der Waals surface area contributed by atoms with E-state index in [0.717, 1.165) is 64.1 Å². The van der Waals surface area contributed by atoms with E-state index in [9.17, 15) is 19.2 Å². The van der Waals surface area contributed by atoms with Gasteiger partial charge in [0.1, 0.15) is 15.9 Å². The summed E-state index contributed by atoms with van der Waals surface area (Å²) in [7, 11) is 0. The summed E-state index contributed by atoms with van der Waals surface area (Å²) in [5.74, 6) is -1.24. The highest BCUT2D eigenvalue weighted by Gasteiger charge is 2.30. The fourth-order valence-corrected chi connectivity index (χ4v) is 8.76. The van der Waals surface area contributed by atoms with Gasteiger partial charge in [0.15, 0.2) is 0 Å². The lowest BCUT2D eigenvalue weighted by atomic mass is 10.0. The van der Waals surface area contributed by atoms with Crippen molar-refractivity contribution >= 4 is 63.6 Å². The molecular formula is C45H45N3O5S2. The molecule has 5 aromatic rings. The van der Waals surface area contributed by atoms with Crippen LogP contribution in [0.4, 0.5) is 10.7 Å². The Morgan fingerprint density at radius 3 is 2.22 bits per heavy atom. The van der Waals surface area contributed by atoms with Crippen molar-refractivity contribution in [2.24, 2.45) is 0 Å². The largest absolute Gasteiger partial charge is 0.462 e. The molecule has 1 heterocycles. The Morgan fingerprint density at radius 1 is 0.800 bits per heavy atom. The first kappa shape index (κ1) is 39.2. The van der Waals surface area contributed by atoms with Gasteiger partial charge in [-0.2, -0.15) is 0 Å². The number of hydrogen-bond donors (Lipinski definition) is 3. The van der Waals surface area contributed by atoms with Crippen LogP contribution in [0.2, 0.25) is 0 Å². The molecule has 0 saturated carbocycles. The molecular weight excluding hydrogens is 727 g/mol. The van der Waals surface area contributed by atoms with Gasteiger partial charge in [0.05, 0.1) is 12.2 Å². The molecule has 1 aliphatic rings. The Kier molecular flexibility index (Phi) is 13.4. The topological polar surface area (TPSA) is 114 Å². The van der Waals surface area contributed by atoms with Gasteiger partial charge in [-0.25, -0.2) is 4.79 Å². The third-order valence-electron chi connectivity index (χ3n) is 9.27. The molecule has 8 nitrogen and oxygen atoms in total. The minimum absolute atomic E-state index is 0.0810. The van der Waals surface area contributed by atoms with Gasteiger partial charge in [0.25, 0.3) is 11.8 Å². The number of hydrogen-bond acceptors (Lipinski definition) is 7. The second-order valence-corrected chi connectivity index (χ2v) is 15.9. The summed E-state index contributed by atoms with van der Waals surface area (Å²) in [5.41, 5.74) is 5.17. The monoisotopic (exact) mass is 771 g/mol. The summed E-state index contributed by atoms with van der Waals surface area (Å²) in [5, 5.41) is 8.71. The quantitative estimate of drug-likeness (QED) is 0.0475. The Morgan fingerprint density at radius 2 is 1.51 bits per heavy atom. The lowest BCUT2D eigenvalue weighted by Crippen LogP contribution is -2.30. The van der Waals surface area contributed by atoms with Gasteiger partial charge < -0.3 is 20.7 Å². The fraction of sp³-hybridized carbons (Fsp3) is 0.244. The van der Waals surface area contributed by atoms with Crippen LogP contribution in [-0.2, 0) is 27.2 Å². The molecule has 55 heavy (non-hydrogen) atoms. The van der Waals surface area contributed by atoms with Crippen LogP contribution in [0.3, 0.4) is 0 Å². The zero-order valence-corrected chi connectivity index (χ0v) is 32.9. The highest BCUT2D eigenvalue weighted by molar-refractivity contribution is 8.00. The lowest BCUT2D eigenvalue weighted by Gasteiger charge is -2.18. The number of fused-ring (bicyclic) bond motifs is 1. The van der Waals surface area contributed by atoms with Crippen LogP contribution >= 0.6 is 23.1 Å². The van der Waals surface area contributed by atoms with Gasteiger partial charge >= 0.3 is 5.97 Å². The molecule has 0 fully saturated rings. The summed E-state index contributed by atoms with van der Waals surface area (Å²) in [6.45, 7) is 6.25. The zero-order chi connectivity index (χ0) is 38.7. The average Bonchev–Trinajstić information content (AvgIpc) is 3.37. The van der Waals surface area contributed by atoms with E-state index in [2.05, 4.69) is 29.8 Å². The van der Waals surface area contributed by atoms with Crippen molar-refractivity contribution < 1.29 is 23.9 Å².